The number of hydrogen-bond donors (Lipinski definition) is 2. The monoisotopic (exact) mass is 335 g/mol. The van der Waals surface area contributed by atoms with Crippen LogP contribution in [0.25, 0.3) is 0 Å². The molecule has 2 aromatic rings. The minimum Gasteiger partial charge on any atom is -0.368 e. The molecule has 1 heterocycles. The van der Waals surface area contributed by atoms with Gasteiger partial charge in [-0.05, 0) is 42.8 Å². The smallest absolute Gasteiger partial charge is 0.251 e. The molecule has 5 heteroatoms. The van der Waals surface area contributed by atoms with Crippen molar-refractivity contribution in [1.82, 2.24) is 10.3 Å². The van der Waals surface area contributed by atoms with Gasteiger partial charge in [0.25, 0.3) is 5.91 Å². The van der Waals surface area contributed by atoms with Crippen molar-refractivity contribution < 1.29 is 9.59 Å². The zero-order valence-electron chi connectivity index (χ0n) is 14.2. The summed E-state index contributed by atoms with van der Waals surface area (Å²) >= 11 is 0. The van der Waals surface area contributed by atoms with Gasteiger partial charge >= 0.3 is 0 Å². The second-order valence-electron chi connectivity index (χ2n) is 4.91. The van der Waals surface area contributed by atoms with E-state index < -0.39 is 11.9 Å². The Morgan fingerprint density at radius 2 is 1.80 bits per heavy atom. The van der Waals surface area contributed by atoms with Gasteiger partial charge in [0.05, 0.1) is 0 Å². The SMILES string of the molecule is C=C.CCC(NC(=O)c1ccc(C#Cc2cccnc2)cc1)C(N)=O. The highest BCUT2D eigenvalue weighted by atomic mass is 16.2. The number of nitrogens with zero attached hydrogens (tertiary/aromatic N) is 1. The second-order valence-corrected chi connectivity index (χ2v) is 4.91. The van der Waals surface area contributed by atoms with E-state index in [0.29, 0.717) is 12.0 Å². The van der Waals surface area contributed by atoms with Gasteiger partial charge in [-0.3, -0.25) is 14.6 Å². The standard InChI is InChI=1S/C18H17N3O2.C2H4/c1-2-16(17(19)22)21-18(23)15-9-7-13(8-10-15)5-6-14-4-3-11-20-12-14;1-2/h3-4,7-12,16H,2H2,1H3,(H2,19,22)(H,21,23);1-2H2. The molecule has 0 saturated heterocycles. The number of nitrogens with one attached hydrogen (secondary N) is 1. The molecule has 1 aromatic carbocycles. The van der Waals surface area contributed by atoms with Crippen molar-refractivity contribution in [2.45, 2.75) is 19.4 Å². The van der Waals surface area contributed by atoms with Crippen molar-refractivity contribution in [3.63, 3.8) is 0 Å². The predicted molar refractivity (Wildman–Crippen MR) is 98.7 cm³/mol. The van der Waals surface area contributed by atoms with Gasteiger partial charge in [0.1, 0.15) is 6.04 Å². The fraction of sp³-hybridized carbons (Fsp3) is 0.150. The molecule has 1 unspecified atom stereocenters. The lowest BCUT2D eigenvalue weighted by Gasteiger charge is -2.13. The van der Waals surface area contributed by atoms with Crippen LogP contribution in [0.2, 0.25) is 0 Å². The number of hydrogen-bond acceptors (Lipinski definition) is 3. The molecular weight excluding hydrogens is 314 g/mol. The number of rotatable bonds is 4. The summed E-state index contributed by atoms with van der Waals surface area (Å²) < 4.78 is 0. The molecule has 0 aliphatic rings. The molecule has 5 nitrogen and oxygen atoms in total. The maximum absolute atomic E-state index is 12.0. The average Bonchev–Trinajstić information content (AvgIpc) is 2.67. The van der Waals surface area contributed by atoms with Gasteiger partial charge in [-0.1, -0.05) is 18.8 Å². The van der Waals surface area contributed by atoms with Gasteiger partial charge in [-0.25, -0.2) is 0 Å². The molecule has 1 atom stereocenters. The van der Waals surface area contributed by atoms with E-state index in [9.17, 15) is 9.59 Å². The third kappa shape index (κ3) is 6.32. The Bertz CT molecular complexity index is 759. The van der Waals surface area contributed by atoms with Gasteiger partial charge in [-0.2, -0.15) is 0 Å². The van der Waals surface area contributed by atoms with Gasteiger partial charge in [0.2, 0.25) is 5.91 Å². The lowest BCUT2D eigenvalue weighted by Crippen LogP contribution is -2.43. The highest BCUT2D eigenvalue weighted by Gasteiger charge is 2.16. The first-order valence-corrected chi connectivity index (χ1v) is 7.72. The molecule has 25 heavy (non-hydrogen) atoms. The Morgan fingerprint density at radius 1 is 1.16 bits per heavy atom. The molecule has 0 bridgehead atoms. The summed E-state index contributed by atoms with van der Waals surface area (Å²) in [6, 6.07) is 9.86. The van der Waals surface area contributed by atoms with Crippen LogP contribution in [-0.2, 0) is 4.79 Å². The summed E-state index contributed by atoms with van der Waals surface area (Å²) in [7, 11) is 0. The topological polar surface area (TPSA) is 85.1 Å². The summed E-state index contributed by atoms with van der Waals surface area (Å²) in [5.74, 6) is 5.12. The van der Waals surface area contributed by atoms with Crippen molar-refractivity contribution >= 4 is 11.8 Å². The zero-order chi connectivity index (χ0) is 18.7. The first kappa shape index (κ1) is 19.7. The molecule has 0 saturated carbocycles. The van der Waals surface area contributed by atoms with E-state index in [4.69, 9.17) is 5.73 Å². The Balaban J connectivity index is 0.00000151. The number of benzene rings is 1. The molecule has 128 valence electrons. The number of carbonyl (C=O) groups is 2. The Hall–Kier alpha value is -3.39. The molecule has 0 spiro atoms. The Kier molecular flexibility index (Phi) is 8.17. The van der Waals surface area contributed by atoms with E-state index in [2.05, 4.69) is 35.3 Å². The quantitative estimate of drug-likeness (QED) is 0.664. The molecule has 0 aliphatic carbocycles. The van der Waals surface area contributed by atoms with Crippen molar-refractivity contribution in [2.75, 3.05) is 0 Å². The lowest BCUT2D eigenvalue weighted by molar-refractivity contribution is -0.119. The largest absolute Gasteiger partial charge is 0.368 e. The number of carbonyl (C=O) groups excluding carboxylic acids is 2. The van der Waals surface area contributed by atoms with Gasteiger partial charge in [0, 0.05) is 29.1 Å². The fourth-order valence-electron chi connectivity index (χ4n) is 1.90. The van der Waals surface area contributed by atoms with Crippen LogP contribution in [-0.4, -0.2) is 22.8 Å². The van der Waals surface area contributed by atoms with Crippen LogP contribution < -0.4 is 11.1 Å². The van der Waals surface area contributed by atoms with Crippen molar-refractivity contribution in [3.8, 4) is 11.8 Å². The maximum Gasteiger partial charge on any atom is 0.251 e. The van der Waals surface area contributed by atoms with Crippen LogP contribution in [0.5, 0.6) is 0 Å². The summed E-state index contributed by atoms with van der Waals surface area (Å²) in [6.07, 6.45) is 3.83. The number of nitrogens with two attached hydrogens (primary N) is 1. The van der Waals surface area contributed by atoms with E-state index in [1.54, 1.807) is 43.6 Å². The summed E-state index contributed by atoms with van der Waals surface area (Å²) in [5.41, 5.74) is 7.28. The highest BCUT2D eigenvalue weighted by molar-refractivity contribution is 5.97. The average molecular weight is 335 g/mol. The van der Waals surface area contributed by atoms with Crippen LogP contribution >= 0.6 is 0 Å². The Morgan fingerprint density at radius 3 is 2.32 bits per heavy atom. The second kappa shape index (κ2) is 10.4. The van der Waals surface area contributed by atoms with E-state index in [-0.39, 0.29) is 5.91 Å². The van der Waals surface area contributed by atoms with Crippen molar-refractivity contribution in [2.24, 2.45) is 5.73 Å². The summed E-state index contributed by atoms with van der Waals surface area (Å²) in [4.78, 5) is 27.2. The lowest BCUT2D eigenvalue weighted by atomic mass is 10.1. The van der Waals surface area contributed by atoms with Crippen LogP contribution in [0.3, 0.4) is 0 Å². The third-order valence-corrected chi connectivity index (χ3v) is 3.22. The molecule has 0 radical (unpaired) electrons. The van der Waals surface area contributed by atoms with Gasteiger partial charge < -0.3 is 11.1 Å². The van der Waals surface area contributed by atoms with E-state index in [1.165, 1.54) is 0 Å². The first-order valence-electron chi connectivity index (χ1n) is 7.72. The predicted octanol–water partition coefficient (Wildman–Crippen LogP) is 2.28. The van der Waals surface area contributed by atoms with Crippen LogP contribution in [0.4, 0.5) is 0 Å². The molecule has 1 aromatic heterocycles. The fourth-order valence-corrected chi connectivity index (χ4v) is 1.90. The summed E-state index contributed by atoms with van der Waals surface area (Å²) in [5, 5.41) is 2.60. The molecule has 0 fully saturated rings. The zero-order valence-corrected chi connectivity index (χ0v) is 14.2. The number of primary amides is 1. The van der Waals surface area contributed by atoms with Crippen LogP contribution in [0, 0.1) is 11.8 Å². The minimum atomic E-state index is -0.660. The number of amides is 2. The normalized spacial score (nSPS) is 10.3. The molecular formula is C20H21N3O2. The summed E-state index contributed by atoms with van der Waals surface area (Å²) in [6.45, 7) is 7.78. The van der Waals surface area contributed by atoms with Crippen LogP contribution in [0.15, 0.2) is 61.9 Å². The molecule has 3 N–H and O–H groups in total. The molecule has 2 rings (SSSR count). The van der Waals surface area contributed by atoms with Crippen molar-refractivity contribution in [1.29, 1.82) is 0 Å². The highest BCUT2D eigenvalue weighted by Crippen LogP contribution is 2.05. The maximum atomic E-state index is 12.0. The third-order valence-electron chi connectivity index (χ3n) is 3.22. The van der Waals surface area contributed by atoms with E-state index >= 15 is 0 Å². The Labute approximate surface area is 148 Å². The van der Waals surface area contributed by atoms with Gasteiger partial charge in [-0.15, -0.1) is 13.2 Å². The number of aromatic nitrogens is 1. The number of pyridine rings is 1. The van der Waals surface area contributed by atoms with Gasteiger partial charge in [0.15, 0.2) is 0 Å². The van der Waals surface area contributed by atoms with Crippen LogP contribution in [0.1, 0.15) is 34.8 Å². The van der Waals surface area contributed by atoms with E-state index in [0.717, 1.165) is 11.1 Å². The molecule has 2 amide bonds. The first-order chi connectivity index (χ1) is 12.1. The minimum absolute atomic E-state index is 0.331. The van der Waals surface area contributed by atoms with E-state index in [1.807, 2.05) is 12.1 Å². The van der Waals surface area contributed by atoms with Crippen molar-refractivity contribution in [3.05, 3.63) is 78.6 Å². The molecule has 0 aliphatic heterocycles.